The van der Waals surface area contributed by atoms with E-state index < -0.39 is 0 Å². The number of morpholine rings is 1. The van der Waals surface area contributed by atoms with E-state index in [1.165, 1.54) is 5.56 Å². The van der Waals surface area contributed by atoms with E-state index in [2.05, 4.69) is 46.6 Å². The molecule has 1 aromatic heterocycles. The molecule has 27 heavy (non-hydrogen) atoms. The molecule has 0 amide bonds. The maximum absolute atomic E-state index is 5.47. The summed E-state index contributed by atoms with van der Waals surface area (Å²) in [7, 11) is 0. The Bertz CT molecular complexity index is 917. The fourth-order valence-corrected chi connectivity index (χ4v) is 3.99. The van der Waals surface area contributed by atoms with Crippen molar-refractivity contribution in [3.8, 4) is 11.3 Å². The predicted octanol–water partition coefficient (Wildman–Crippen LogP) is 4.40. The predicted molar refractivity (Wildman–Crippen MR) is 113 cm³/mol. The van der Waals surface area contributed by atoms with Crippen LogP contribution in [0.5, 0.6) is 0 Å². The number of hydrogen-bond acceptors (Lipinski definition) is 6. The van der Waals surface area contributed by atoms with Gasteiger partial charge in [-0.1, -0.05) is 53.8 Å². The highest BCUT2D eigenvalue weighted by Gasteiger charge is 2.18. The normalized spacial score (nSPS) is 14.6. The van der Waals surface area contributed by atoms with Crippen molar-refractivity contribution < 1.29 is 4.74 Å². The summed E-state index contributed by atoms with van der Waals surface area (Å²) in [5.74, 6) is 0. The minimum Gasteiger partial charge on any atom is -0.378 e. The zero-order valence-electron chi connectivity index (χ0n) is 15.3. The van der Waals surface area contributed by atoms with Crippen molar-refractivity contribution in [1.29, 1.82) is 0 Å². The van der Waals surface area contributed by atoms with Crippen LogP contribution in [0.4, 0.5) is 10.8 Å². The molecule has 6 heteroatoms. The average Bonchev–Trinajstić information content (AvgIpc) is 3.14. The lowest BCUT2D eigenvalue weighted by Crippen LogP contribution is -2.36. The Hall–Kier alpha value is -2.70. The van der Waals surface area contributed by atoms with Crippen LogP contribution < -0.4 is 10.3 Å². The number of aromatic nitrogens is 1. The van der Waals surface area contributed by atoms with E-state index in [0.717, 1.165) is 53.3 Å². The van der Waals surface area contributed by atoms with Gasteiger partial charge in [-0.25, -0.2) is 4.98 Å². The Morgan fingerprint density at radius 3 is 2.70 bits per heavy atom. The molecule has 1 N–H and O–H groups in total. The highest BCUT2D eigenvalue weighted by atomic mass is 32.1. The Morgan fingerprint density at radius 1 is 1.11 bits per heavy atom. The Kier molecular flexibility index (Phi) is 5.46. The summed E-state index contributed by atoms with van der Waals surface area (Å²) in [4.78, 5) is 8.24. The van der Waals surface area contributed by atoms with Gasteiger partial charge in [0.2, 0.25) is 0 Å². The first-order valence-electron chi connectivity index (χ1n) is 9.04. The molecule has 0 radical (unpaired) electrons. The molecule has 4 rings (SSSR count). The van der Waals surface area contributed by atoms with Gasteiger partial charge in [0.25, 0.3) is 0 Å². The van der Waals surface area contributed by atoms with Gasteiger partial charge in [-0.05, 0) is 24.6 Å². The smallest absolute Gasteiger partial charge is 0.186 e. The summed E-state index contributed by atoms with van der Waals surface area (Å²) >= 11 is 1.67. The molecule has 1 aliphatic heterocycles. The van der Waals surface area contributed by atoms with Gasteiger partial charge in [-0.3, -0.25) is 5.43 Å². The van der Waals surface area contributed by atoms with Crippen LogP contribution in [-0.4, -0.2) is 37.5 Å². The quantitative estimate of drug-likeness (QED) is 0.528. The van der Waals surface area contributed by atoms with E-state index in [-0.39, 0.29) is 0 Å². The number of ether oxygens (including phenoxy) is 1. The molecule has 2 heterocycles. The highest BCUT2D eigenvalue weighted by molar-refractivity contribution is 7.17. The largest absolute Gasteiger partial charge is 0.378 e. The third-order valence-electron chi connectivity index (χ3n) is 4.36. The van der Waals surface area contributed by atoms with Crippen molar-refractivity contribution in [3.05, 3.63) is 65.0 Å². The number of hydrazone groups is 1. The number of aryl methyl sites for hydroxylation is 1. The summed E-state index contributed by atoms with van der Waals surface area (Å²) in [5, 5.41) is 5.47. The second-order valence-electron chi connectivity index (χ2n) is 6.41. The first-order chi connectivity index (χ1) is 13.3. The molecule has 5 nitrogen and oxygen atoms in total. The molecule has 0 spiro atoms. The number of nitrogens with zero attached hydrogens (tertiary/aromatic N) is 3. The minimum absolute atomic E-state index is 0.749. The van der Waals surface area contributed by atoms with Crippen LogP contribution >= 0.6 is 11.3 Å². The van der Waals surface area contributed by atoms with E-state index in [1.54, 1.807) is 11.3 Å². The molecule has 2 aromatic carbocycles. The summed E-state index contributed by atoms with van der Waals surface area (Å²) in [6, 6.07) is 18.4. The van der Waals surface area contributed by atoms with Crippen LogP contribution in [-0.2, 0) is 4.74 Å². The van der Waals surface area contributed by atoms with Crippen LogP contribution in [0.15, 0.2) is 59.7 Å². The van der Waals surface area contributed by atoms with Crippen LogP contribution in [0.25, 0.3) is 11.3 Å². The SMILES string of the molecule is Cc1cccc(N/N=C\c2sc(N3CCOCC3)nc2-c2ccccc2)c1. The average molecular weight is 379 g/mol. The standard InChI is InChI=1S/C21H22N4OS/c1-16-6-5-9-18(14-16)24-22-15-19-20(17-7-3-2-4-8-17)23-21(27-19)25-10-12-26-13-11-25/h2-9,14-15,24H,10-13H2,1H3/b22-15-. The lowest BCUT2D eigenvalue weighted by molar-refractivity contribution is 0.122. The summed E-state index contributed by atoms with van der Waals surface area (Å²) in [6.07, 6.45) is 1.87. The number of nitrogens with one attached hydrogen (secondary N) is 1. The fraction of sp³-hybridized carbons (Fsp3) is 0.238. The van der Waals surface area contributed by atoms with Crippen LogP contribution in [0.3, 0.4) is 0 Å². The van der Waals surface area contributed by atoms with E-state index in [1.807, 2.05) is 36.5 Å². The van der Waals surface area contributed by atoms with Gasteiger partial charge in [0.15, 0.2) is 5.13 Å². The maximum Gasteiger partial charge on any atom is 0.186 e. The molecule has 0 atom stereocenters. The third-order valence-corrected chi connectivity index (χ3v) is 5.42. The fourth-order valence-electron chi connectivity index (χ4n) is 2.98. The molecular formula is C21H22N4OS. The number of hydrogen-bond donors (Lipinski definition) is 1. The van der Waals surface area contributed by atoms with Gasteiger partial charge in [0.1, 0.15) is 0 Å². The molecular weight excluding hydrogens is 356 g/mol. The van der Waals surface area contributed by atoms with Crippen LogP contribution in [0, 0.1) is 6.92 Å². The lowest BCUT2D eigenvalue weighted by Gasteiger charge is -2.26. The Labute approximate surface area is 163 Å². The highest BCUT2D eigenvalue weighted by Crippen LogP contribution is 2.32. The number of thiazole rings is 1. The zero-order valence-corrected chi connectivity index (χ0v) is 16.1. The van der Waals surface area contributed by atoms with Crippen molar-refractivity contribution in [3.63, 3.8) is 0 Å². The topological polar surface area (TPSA) is 49.8 Å². The number of anilines is 2. The Balaban J connectivity index is 1.61. The third kappa shape index (κ3) is 4.35. The molecule has 1 aliphatic rings. The summed E-state index contributed by atoms with van der Waals surface area (Å²) in [5.41, 5.74) is 7.37. The van der Waals surface area contributed by atoms with Gasteiger partial charge < -0.3 is 9.64 Å². The molecule has 0 saturated carbocycles. The molecule has 0 bridgehead atoms. The molecule has 138 valence electrons. The van der Waals surface area contributed by atoms with Crippen molar-refractivity contribution in [2.45, 2.75) is 6.92 Å². The van der Waals surface area contributed by atoms with Gasteiger partial charge in [0, 0.05) is 18.7 Å². The van der Waals surface area contributed by atoms with Crippen molar-refractivity contribution in [2.75, 3.05) is 36.6 Å². The minimum atomic E-state index is 0.749. The van der Waals surface area contributed by atoms with Gasteiger partial charge in [0.05, 0.1) is 35.7 Å². The van der Waals surface area contributed by atoms with Crippen LogP contribution in [0.2, 0.25) is 0 Å². The molecule has 0 unspecified atom stereocenters. The van der Waals surface area contributed by atoms with Gasteiger partial charge in [-0.15, -0.1) is 0 Å². The lowest BCUT2D eigenvalue weighted by atomic mass is 10.1. The molecule has 3 aromatic rings. The van der Waals surface area contributed by atoms with E-state index >= 15 is 0 Å². The van der Waals surface area contributed by atoms with Gasteiger partial charge in [-0.2, -0.15) is 5.10 Å². The van der Waals surface area contributed by atoms with E-state index in [0.29, 0.717) is 0 Å². The van der Waals surface area contributed by atoms with Crippen molar-refractivity contribution >= 4 is 28.4 Å². The van der Waals surface area contributed by atoms with Crippen molar-refractivity contribution in [2.24, 2.45) is 5.10 Å². The first kappa shape index (κ1) is 17.7. The number of rotatable bonds is 5. The van der Waals surface area contributed by atoms with Crippen molar-refractivity contribution in [1.82, 2.24) is 4.98 Å². The summed E-state index contributed by atoms with van der Waals surface area (Å²) < 4.78 is 5.47. The van der Waals surface area contributed by atoms with E-state index in [4.69, 9.17) is 9.72 Å². The molecule has 1 fully saturated rings. The van der Waals surface area contributed by atoms with E-state index in [9.17, 15) is 0 Å². The first-order valence-corrected chi connectivity index (χ1v) is 9.86. The Morgan fingerprint density at radius 2 is 1.93 bits per heavy atom. The van der Waals surface area contributed by atoms with Crippen LogP contribution in [0.1, 0.15) is 10.4 Å². The molecule has 0 aliphatic carbocycles. The zero-order chi connectivity index (χ0) is 18.5. The maximum atomic E-state index is 5.47. The van der Waals surface area contributed by atoms with Gasteiger partial charge >= 0.3 is 0 Å². The monoisotopic (exact) mass is 378 g/mol. The second kappa shape index (κ2) is 8.33. The number of benzene rings is 2. The summed E-state index contributed by atoms with van der Waals surface area (Å²) in [6.45, 7) is 5.32. The molecule has 1 saturated heterocycles. The second-order valence-corrected chi connectivity index (χ2v) is 7.42.